The molecule has 1 unspecified atom stereocenters. The number of nitrogens with one attached hydrogen (secondary N) is 1. The molecule has 0 aromatic heterocycles. The van der Waals surface area contributed by atoms with Gasteiger partial charge in [-0.25, -0.2) is 0 Å². The van der Waals surface area contributed by atoms with E-state index < -0.39 is 0 Å². The van der Waals surface area contributed by atoms with Gasteiger partial charge < -0.3 is 4.74 Å². The van der Waals surface area contributed by atoms with Crippen molar-refractivity contribution in [2.45, 2.75) is 6.04 Å². The zero-order chi connectivity index (χ0) is 5.82. The van der Waals surface area contributed by atoms with Gasteiger partial charge in [0, 0.05) is 7.11 Å². The smallest absolute Gasteiger partial charge is 0.115 e. The molecule has 1 rings (SSSR count). The Labute approximate surface area is 47.9 Å². The van der Waals surface area contributed by atoms with Crippen LogP contribution in [0.2, 0.25) is 0 Å². The average Bonchev–Trinajstić information content (AvgIpc) is 2.19. The Bertz CT molecular complexity index is 93.3. The van der Waals surface area contributed by atoms with E-state index in [1.165, 1.54) is 0 Å². The molecule has 0 fully saturated rings. The molecule has 0 bridgehead atoms. The topological polar surface area (TPSA) is 46.0 Å². The predicted molar refractivity (Wildman–Crippen MR) is 28.5 cm³/mol. The van der Waals surface area contributed by atoms with Crippen LogP contribution in [0.5, 0.6) is 0 Å². The van der Waals surface area contributed by atoms with Crippen molar-refractivity contribution in [3.05, 3.63) is 0 Å². The molecule has 1 atom stereocenters. The minimum absolute atomic E-state index is 0.236. The minimum atomic E-state index is 0.236. The lowest BCUT2D eigenvalue weighted by Gasteiger charge is -1.98. The van der Waals surface area contributed by atoms with Gasteiger partial charge in [0.2, 0.25) is 0 Å². The molecule has 0 amide bonds. The van der Waals surface area contributed by atoms with Crippen LogP contribution in [-0.2, 0) is 4.74 Å². The molecule has 0 radical (unpaired) electrons. The lowest BCUT2D eigenvalue weighted by Crippen LogP contribution is -2.18. The van der Waals surface area contributed by atoms with E-state index in [0.717, 1.165) is 6.54 Å². The van der Waals surface area contributed by atoms with E-state index in [2.05, 4.69) is 15.8 Å². The number of hydrogen-bond acceptors (Lipinski definition) is 4. The van der Waals surface area contributed by atoms with Crippen LogP contribution < -0.4 is 5.43 Å². The first-order chi connectivity index (χ1) is 3.93. The highest BCUT2D eigenvalue weighted by atomic mass is 16.5. The Balaban J connectivity index is 2.16. The standard InChI is InChI=1S/C4H9N3O/c1-8-3-4-2-5-7-6-4/h4H,2-3H2,1H3,(H,5,6). The van der Waals surface area contributed by atoms with Crippen molar-refractivity contribution in [2.75, 3.05) is 20.3 Å². The fraction of sp³-hybridized carbons (Fsp3) is 1.00. The van der Waals surface area contributed by atoms with Crippen LogP contribution in [0.15, 0.2) is 10.3 Å². The van der Waals surface area contributed by atoms with E-state index >= 15 is 0 Å². The van der Waals surface area contributed by atoms with Crippen LogP contribution in [0.4, 0.5) is 0 Å². The van der Waals surface area contributed by atoms with Crippen LogP contribution in [0, 0.1) is 0 Å². The molecule has 0 aromatic rings. The molecule has 0 aromatic carbocycles. The van der Waals surface area contributed by atoms with Gasteiger partial charge in [0.15, 0.2) is 0 Å². The third-order valence-corrected chi connectivity index (χ3v) is 0.978. The highest BCUT2D eigenvalue weighted by Crippen LogP contribution is 1.95. The molecule has 0 saturated heterocycles. The van der Waals surface area contributed by atoms with Crippen LogP contribution in [0.25, 0.3) is 0 Å². The highest BCUT2D eigenvalue weighted by molar-refractivity contribution is 4.68. The van der Waals surface area contributed by atoms with Gasteiger partial charge in [0.1, 0.15) is 6.04 Å². The normalized spacial score (nSPS) is 25.9. The van der Waals surface area contributed by atoms with E-state index in [0.29, 0.717) is 6.61 Å². The van der Waals surface area contributed by atoms with Crippen molar-refractivity contribution in [3.8, 4) is 0 Å². The first-order valence-electron chi connectivity index (χ1n) is 2.55. The minimum Gasteiger partial charge on any atom is -0.382 e. The summed E-state index contributed by atoms with van der Waals surface area (Å²) in [5.74, 6) is 0. The number of hydrogen-bond donors (Lipinski definition) is 1. The predicted octanol–water partition coefficient (Wildman–Crippen LogP) is -0.0282. The molecule has 46 valence electrons. The number of methoxy groups -OCH3 is 1. The summed E-state index contributed by atoms with van der Waals surface area (Å²) in [7, 11) is 1.66. The van der Waals surface area contributed by atoms with E-state index in [9.17, 15) is 0 Å². The van der Waals surface area contributed by atoms with Crippen LogP contribution >= 0.6 is 0 Å². The lowest BCUT2D eigenvalue weighted by molar-refractivity contribution is 0.184. The number of rotatable bonds is 2. The zero-order valence-electron chi connectivity index (χ0n) is 4.79. The molecule has 4 nitrogen and oxygen atoms in total. The molecule has 0 aliphatic carbocycles. The summed E-state index contributed by atoms with van der Waals surface area (Å²) in [6.45, 7) is 1.48. The van der Waals surface area contributed by atoms with E-state index in [1.54, 1.807) is 7.11 Å². The molecule has 0 spiro atoms. The molecular formula is C4H9N3O. The lowest BCUT2D eigenvalue weighted by atomic mass is 10.3. The summed E-state index contributed by atoms with van der Waals surface area (Å²) in [6.07, 6.45) is 0. The maximum absolute atomic E-state index is 4.83. The monoisotopic (exact) mass is 115 g/mol. The molecule has 1 N–H and O–H groups in total. The highest BCUT2D eigenvalue weighted by Gasteiger charge is 2.09. The van der Waals surface area contributed by atoms with Crippen molar-refractivity contribution in [2.24, 2.45) is 10.3 Å². The van der Waals surface area contributed by atoms with Crippen molar-refractivity contribution in [3.63, 3.8) is 0 Å². The van der Waals surface area contributed by atoms with Crippen molar-refractivity contribution < 1.29 is 4.74 Å². The van der Waals surface area contributed by atoms with Gasteiger partial charge >= 0.3 is 0 Å². The first kappa shape index (κ1) is 5.50. The quantitative estimate of drug-likeness (QED) is 0.549. The molecule has 0 saturated carbocycles. The Kier molecular flexibility index (Phi) is 1.80. The fourth-order valence-electron chi connectivity index (χ4n) is 0.594. The first-order valence-corrected chi connectivity index (χ1v) is 2.55. The average molecular weight is 115 g/mol. The second-order valence-corrected chi connectivity index (χ2v) is 1.69. The van der Waals surface area contributed by atoms with Crippen LogP contribution in [0.3, 0.4) is 0 Å². The molecule has 1 aliphatic heterocycles. The van der Waals surface area contributed by atoms with Gasteiger partial charge in [-0.2, -0.15) is 5.11 Å². The zero-order valence-corrected chi connectivity index (χ0v) is 4.79. The Morgan fingerprint density at radius 3 is 3.25 bits per heavy atom. The van der Waals surface area contributed by atoms with Gasteiger partial charge in [-0.1, -0.05) is 5.22 Å². The van der Waals surface area contributed by atoms with Gasteiger partial charge in [0.05, 0.1) is 13.2 Å². The third kappa shape index (κ3) is 1.16. The largest absolute Gasteiger partial charge is 0.382 e. The van der Waals surface area contributed by atoms with E-state index in [-0.39, 0.29) is 6.04 Å². The maximum atomic E-state index is 4.83. The van der Waals surface area contributed by atoms with Gasteiger partial charge in [-0.3, -0.25) is 5.43 Å². The summed E-state index contributed by atoms with van der Waals surface area (Å²) in [5, 5.41) is 7.39. The number of ether oxygens (including phenoxy) is 1. The number of nitrogens with zero attached hydrogens (tertiary/aromatic N) is 2. The Hall–Kier alpha value is -0.640. The Morgan fingerprint density at radius 1 is 1.88 bits per heavy atom. The molecule has 4 heteroatoms. The van der Waals surface area contributed by atoms with Crippen molar-refractivity contribution in [1.29, 1.82) is 0 Å². The molecular weight excluding hydrogens is 106 g/mol. The van der Waals surface area contributed by atoms with Gasteiger partial charge in [-0.15, -0.1) is 0 Å². The van der Waals surface area contributed by atoms with Crippen LogP contribution in [-0.4, -0.2) is 26.3 Å². The summed E-state index contributed by atoms with van der Waals surface area (Å²) >= 11 is 0. The van der Waals surface area contributed by atoms with Gasteiger partial charge in [-0.05, 0) is 0 Å². The SMILES string of the molecule is COCC1CNN=N1. The van der Waals surface area contributed by atoms with Crippen molar-refractivity contribution >= 4 is 0 Å². The molecule has 8 heavy (non-hydrogen) atoms. The fourth-order valence-corrected chi connectivity index (χ4v) is 0.594. The molecule has 1 heterocycles. The van der Waals surface area contributed by atoms with Gasteiger partial charge in [0.25, 0.3) is 0 Å². The van der Waals surface area contributed by atoms with Crippen molar-refractivity contribution in [1.82, 2.24) is 5.43 Å². The second-order valence-electron chi connectivity index (χ2n) is 1.69. The third-order valence-electron chi connectivity index (χ3n) is 0.978. The maximum Gasteiger partial charge on any atom is 0.115 e. The van der Waals surface area contributed by atoms with Crippen LogP contribution in [0.1, 0.15) is 0 Å². The summed E-state index contributed by atoms with van der Waals surface area (Å²) in [4.78, 5) is 0. The van der Waals surface area contributed by atoms with E-state index in [4.69, 9.17) is 4.74 Å². The second kappa shape index (κ2) is 2.61. The Morgan fingerprint density at radius 2 is 2.75 bits per heavy atom. The van der Waals surface area contributed by atoms with E-state index in [1.807, 2.05) is 0 Å². The summed E-state index contributed by atoms with van der Waals surface area (Å²) in [6, 6.07) is 0.236. The molecule has 1 aliphatic rings. The summed E-state index contributed by atoms with van der Waals surface area (Å²) < 4.78 is 4.83. The summed E-state index contributed by atoms with van der Waals surface area (Å²) in [5.41, 5.74) is 2.74.